The van der Waals surface area contributed by atoms with Crippen molar-refractivity contribution in [2.75, 3.05) is 13.7 Å². The molecular weight excluding hydrogens is 214 g/mol. The number of ether oxygens (including phenoxy) is 1. The Morgan fingerprint density at radius 2 is 2.00 bits per heavy atom. The minimum absolute atomic E-state index is 0.276. The number of methoxy groups -OCH3 is 1. The van der Waals surface area contributed by atoms with Gasteiger partial charge in [0.15, 0.2) is 0 Å². The molecule has 1 aromatic rings. The van der Waals surface area contributed by atoms with Gasteiger partial charge in [-0.05, 0) is 43.0 Å². The van der Waals surface area contributed by atoms with Crippen LogP contribution in [0.3, 0.4) is 0 Å². The molecule has 2 rings (SSSR count). The largest absolute Gasteiger partial charge is 0.465 e. The van der Waals surface area contributed by atoms with Crippen LogP contribution >= 0.6 is 0 Å². The summed E-state index contributed by atoms with van der Waals surface area (Å²) >= 11 is 0. The number of nitrogens with one attached hydrogen (secondary N) is 1. The molecule has 0 amide bonds. The van der Waals surface area contributed by atoms with E-state index in [0.717, 1.165) is 12.5 Å². The molecule has 0 saturated carbocycles. The van der Waals surface area contributed by atoms with E-state index in [9.17, 15) is 4.79 Å². The van der Waals surface area contributed by atoms with Crippen LogP contribution < -0.4 is 5.32 Å². The van der Waals surface area contributed by atoms with Crippen LogP contribution in [-0.2, 0) is 4.74 Å². The SMILES string of the molecule is COC(=O)c1ccc([C@@H]2CC[C@@H](C)CN2)cc1. The lowest BCUT2D eigenvalue weighted by molar-refractivity contribution is 0.0600. The molecule has 2 atom stereocenters. The molecule has 1 heterocycles. The summed E-state index contributed by atoms with van der Waals surface area (Å²) in [5.74, 6) is 0.488. The second-order valence-electron chi connectivity index (χ2n) is 4.76. The lowest BCUT2D eigenvalue weighted by Gasteiger charge is -2.28. The zero-order chi connectivity index (χ0) is 12.3. The molecule has 1 N–H and O–H groups in total. The van der Waals surface area contributed by atoms with E-state index in [0.29, 0.717) is 11.6 Å². The van der Waals surface area contributed by atoms with Crippen molar-refractivity contribution in [3.05, 3.63) is 35.4 Å². The maximum Gasteiger partial charge on any atom is 0.337 e. The Morgan fingerprint density at radius 3 is 2.53 bits per heavy atom. The van der Waals surface area contributed by atoms with Gasteiger partial charge in [-0.2, -0.15) is 0 Å². The Kier molecular flexibility index (Phi) is 3.79. The molecule has 1 fully saturated rings. The average molecular weight is 233 g/mol. The Labute approximate surface area is 102 Å². The molecule has 1 saturated heterocycles. The normalized spacial score (nSPS) is 24.4. The number of rotatable bonds is 2. The summed E-state index contributed by atoms with van der Waals surface area (Å²) in [6, 6.07) is 8.12. The number of benzene rings is 1. The Bertz CT molecular complexity index is 378. The molecule has 17 heavy (non-hydrogen) atoms. The maximum absolute atomic E-state index is 11.3. The zero-order valence-corrected chi connectivity index (χ0v) is 10.4. The van der Waals surface area contributed by atoms with Gasteiger partial charge in [0.25, 0.3) is 0 Å². The first-order chi connectivity index (χ1) is 8.20. The second kappa shape index (κ2) is 5.32. The van der Waals surface area contributed by atoms with Crippen molar-refractivity contribution in [1.82, 2.24) is 5.32 Å². The van der Waals surface area contributed by atoms with Crippen molar-refractivity contribution in [3.63, 3.8) is 0 Å². The van der Waals surface area contributed by atoms with Gasteiger partial charge >= 0.3 is 5.97 Å². The summed E-state index contributed by atoms with van der Waals surface area (Å²) < 4.78 is 4.68. The molecule has 0 unspecified atom stereocenters. The predicted octanol–water partition coefficient (Wildman–Crippen LogP) is 2.53. The third kappa shape index (κ3) is 2.86. The number of piperidine rings is 1. The molecule has 0 aliphatic carbocycles. The first-order valence-corrected chi connectivity index (χ1v) is 6.12. The molecule has 92 valence electrons. The molecule has 1 aliphatic rings. The molecule has 1 aromatic carbocycles. The molecular formula is C14H19NO2. The molecule has 0 bridgehead atoms. The van der Waals surface area contributed by atoms with Crippen LogP contribution in [0.1, 0.15) is 41.7 Å². The summed E-state index contributed by atoms with van der Waals surface area (Å²) in [4.78, 5) is 11.3. The van der Waals surface area contributed by atoms with Gasteiger partial charge in [-0.3, -0.25) is 0 Å². The summed E-state index contributed by atoms with van der Waals surface area (Å²) in [7, 11) is 1.40. The van der Waals surface area contributed by atoms with Crippen molar-refractivity contribution in [3.8, 4) is 0 Å². The molecule has 3 nitrogen and oxygen atoms in total. The fourth-order valence-electron chi connectivity index (χ4n) is 2.25. The predicted molar refractivity (Wildman–Crippen MR) is 66.9 cm³/mol. The van der Waals surface area contributed by atoms with Gasteiger partial charge in [0.2, 0.25) is 0 Å². The zero-order valence-electron chi connectivity index (χ0n) is 10.4. The van der Waals surface area contributed by atoms with Gasteiger partial charge in [0, 0.05) is 6.04 Å². The van der Waals surface area contributed by atoms with Crippen molar-refractivity contribution in [1.29, 1.82) is 0 Å². The molecule has 0 spiro atoms. The standard InChI is InChI=1S/C14H19NO2/c1-10-3-8-13(15-9-10)11-4-6-12(7-5-11)14(16)17-2/h4-7,10,13,15H,3,8-9H2,1-2H3/t10-,13+/m1/s1. The van der Waals surface area contributed by atoms with Crippen molar-refractivity contribution in [2.24, 2.45) is 5.92 Å². The smallest absolute Gasteiger partial charge is 0.337 e. The van der Waals surface area contributed by atoms with Crippen LogP contribution in [0.25, 0.3) is 0 Å². The van der Waals surface area contributed by atoms with Gasteiger partial charge in [0.05, 0.1) is 12.7 Å². The highest BCUT2D eigenvalue weighted by Crippen LogP contribution is 2.25. The van der Waals surface area contributed by atoms with E-state index < -0.39 is 0 Å². The highest BCUT2D eigenvalue weighted by molar-refractivity contribution is 5.89. The van der Waals surface area contributed by atoms with Crippen molar-refractivity contribution in [2.45, 2.75) is 25.8 Å². The minimum atomic E-state index is -0.276. The molecule has 3 heteroatoms. The Morgan fingerprint density at radius 1 is 1.29 bits per heavy atom. The van der Waals surface area contributed by atoms with Crippen molar-refractivity contribution >= 4 is 5.97 Å². The van der Waals surface area contributed by atoms with Gasteiger partial charge in [0.1, 0.15) is 0 Å². The van der Waals surface area contributed by atoms with E-state index >= 15 is 0 Å². The number of carbonyl (C=O) groups excluding carboxylic acids is 1. The molecule has 0 aromatic heterocycles. The topological polar surface area (TPSA) is 38.3 Å². The van der Waals surface area contributed by atoms with Gasteiger partial charge < -0.3 is 10.1 Å². The van der Waals surface area contributed by atoms with Gasteiger partial charge in [-0.1, -0.05) is 19.1 Å². The van der Waals surface area contributed by atoms with Crippen molar-refractivity contribution < 1.29 is 9.53 Å². The highest BCUT2D eigenvalue weighted by atomic mass is 16.5. The Hall–Kier alpha value is -1.35. The highest BCUT2D eigenvalue weighted by Gasteiger charge is 2.18. The quantitative estimate of drug-likeness (QED) is 0.798. The van der Waals surface area contributed by atoms with Crippen LogP contribution in [0.4, 0.5) is 0 Å². The summed E-state index contributed by atoms with van der Waals surface area (Å²) in [5.41, 5.74) is 1.87. The first-order valence-electron chi connectivity index (χ1n) is 6.12. The third-order valence-electron chi connectivity index (χ3n) is 3.40. The van der Waals surface area contributed by atoms with Crippen LogP contribution in [0, 0.1) is 5.92 Å². The average Bonchev–Trinajstić information content (AvgIpc) is 2.39. The van der Waals surface area contributed by atoms with Crippen LogP contribution in [-0.4, -0.2) is 19.6 Å². The molecule has 1 aliphatic heterocycles. The number of carbonyl (C=O) groups is 1. The van der Waals surface area contributed by atoms with Crippen LogP contribution in [0.2, 0.25) is 0 Å². The van der Waals surface area contributed by atoms with E-state index in [1.54, 1.807) is 0 Å². The summed E-state index contributed by atoms with van der Waals surface area (Å²) in [6.07, 6.45) is 2.43. The summed E-state index contributed by atoms with van der Waals surface area (Å²) in [5, 5.41) is 3.53. The van der Waals surface area contributed by atoms with Gasteiger partial charge in [-0.25, -0.2) is 4.79 Å². The van der Waals surface area contributed by atoms with Crippen LogP contribution in [0.5, 0.6) is 0 Å². The number of esters is 1. The maximum atomic E-state index is 11.3. The lowest BCUT2D eigenvalue weighted by atomic mass is 9.92. The Balaban J connectivity index is 2.05. The fraction of sp³-hybridized carbons (Fsp3) is 0.500. The van der Waals surface area contributed by atoms with E-state index in [2.05, 4.69) is 17.0 Å². The van der Waals surface area contributed by atoms with Crippen LogP contribution in [0.15, 0.2) is 24.3 Å². The fourth-order valence-corrected chi connectivity index (χ4v) is 2.25. The lowest BCUT2D eigenvalue weighted by Crippen LogP contribution is -2.31. The minimum Gasteiger partial charge on any atom is -0.465 e. The second-order valence-corrected chi connectivity index (χ2v) is 4.76. The van der Waals surface area contributed by atoms with E-state index in [1.165, 1.54) is 25.5 Å². The van der Waals surface area contributed by atoms with E-state index in [1.807, 2.05) is 24.3 Å². The first kappa shape index (κ1) is 12.1. The van der Waals surface area contributed by atoms with Gasteiger partial charge in [-0.15, -0.1) is 0 Å². The molecule has 0 radical (unpaired) electrons. The summed E-state index contributed by atoms with van der Waals surface area (Å²) in [6.45, 7) is 3.34. The number of hydrogen-bond acceptors (Lipinski definition) is 3. The monoisotopic (exact) mass is 233 g/mol. The number of hydrogen-bond donors (Lipinski definition) is 1. The third-order valence-corrected chi connectivity index (χ3v) is 3.40. The van der Waals surface area contributed by atoms with E-state index in [-0.39, 0.29) is 5.97 Å². The van der Waals surface area contributed by atoms with E-state index in [4.69, 9.17) is 0 Å².